The van der Waals surface area contributed by atoms with Gasteiger partial charge in [-0.15, -0.1) is 0 Å². The van der Waals surface area contributed by atoms with Crippen LogP contribution in [0, 0.1) is 11.8 Å². The highest BCUT2D eigenvalue weighted by Gasteiger charge is 2.15. The van der Waals surface area contributed by atoms with Crippen LogP contribution in [0.5, 0.6) is 0 Å². The number of rotatable bonds is 6. The predicted molar refractivity (Wildman–Crippen MR) is 222 cm³/mol. The van der Waals surface area contributed by atoms with E-state index in [1.807, 2.05) is 62.3 Å². The zero-order valence-corrected chi connectivity index (χ0v) is 36.9. The van der Waals surface area contributed by atoms with Crippen LogP contribution in [-0.4, -0.2) is 0 Å². The lowest BCUT2D eigenvalue weighted by Crippen LogP contribution is -1.84. The number of hydrogen-bond acceptors (Lipinski definition) is 0. The molecule has 0 amide bonds. The van der Waals surface area contributed by atoms with Gasteiger partial charge in [-0.1, -0.05) is 255 Å². The Bertz CT molecular complexity index is 218. The van der Waals surface area contributed by atoms with Crippen LogP contribution in [0.15, 0.2) is 12.2 Å². The van der Waals surface area contributed by atoms with E-state index >= 15 is 0 Å². The normalized spacial score (nSPS) is 12.5. The van der Waals surface area contributed by atoms with Gasteiger partial charge >= 0.3 is 0 Å². The molecule has 0 heteroatoms. The van der Waals surface area contributed by atoms with Crippen molar-refractivity contribution in [2.75, 3.05) is 0 Å². The van der Waals surface area contributed by atoms with Crippen molar-refractivity contribution in [1.82, 2.24) is 0 Å². The first-order valence-corrected chi connectivity index (χ1v) is 20.3. The van der Waals surface area contributed by atoms with Gasteiger partial charge in [0, 0.05) is 0 Å². The molecule has 0 spiro atoms. The molecule has 1 fully saturated rings. The first kappa shape index (κ1) is 73.9. The third-order valence-corrected chi connectivity index (χ3v) is 4.09. The van der Waals surface area contributed by atoms with Crippen molar-refractivity contribution in [2.45, 2.75) is 262 Å². The molecule has 0 saturated heterocycles. The van der Waals surface area contributed by atoms with Gasteiger partial charge in [0.2, 0.25) is 0 Å². The molecule has 1 rings (SSSR count). The molecule has 0 aromatic heterocycles. The van der Waals surface area contributed by atoms with Gasteiger partial charge in [0.1, 0.15) is 0 Å². The average Bonchev–Trinajstić information content (AvgIpc) is 3.41. The molecule has 0 aromatic carbocycles. The number of unbranched alkanes of at least 4 members (excludes halogenated alkanes) is 5. The Morgan fingerprint density at radius 3 is 0.674 bits per heavy atom. The zero-order chi connectivity index (χ0) is 37.2. The molecule has 278 valence electrons. The summed E-state index contributed by atoms with van der Waals surface area (Å²) in [6.07, 6.45) is 24.4. The van der Waals surface area contributed by atoms with E-state index in [2.05, 4.69) is 116 Å². The Hall–Kier alpha value is -0.260. The molecule has 0 radical (unpaired) electrons. The van der Waals surface area contributed by atoms with Crippen LogP contribution >= 0.6 is 0 Å². The van der Waals surface area contributed by atoms with E-state index in [4.69, 9.17) is 0 Å². The molecule has 2 atom stereocenters. The fourth-order valence-electron chi connectivity index (χ4n) is 2.58. The maximum Gasteiger partial charge on any atom is -0.0379 e. The second kappa shape index (κ2) is 134. The van der Waals surface area contributed by atoms with Crippen LogP contribution in [-0.2, 0) is 0 Å². The molecule has 0 aromatic rings. The SMILES string of the molecule is C/C=C\CC.CC.CC.CC.CC.CC1CCC(C)C1.CCC.CCC.CCC.CCC.CCCCC.CCCCCC. The van der Waals surface area contributed by atoms with E-state index in [1.54, 1.807) is 0 Å². The quantitative estimate of drug-likeness (QED) is 0.204. The van der Waals surface area contributed by atoms with Gasteiger partial charge in [0.05, 0.1) is 0 Å². The summed E-state index contributed by atoms with van der Waals surface area (Å²) in [5.41, 5.74) is 0. The molecular formula is C43H106. The summed E-state index contributed by atoms with van der Waals surface area (Å²) in [4.78, 5) is 0. The third-order valence-electron chi connectivity index (χ3n) is 4.09. The fourth-order valence-corrected chi connectivity index (χ4v) is 2.58. The molecule has 0 nitrogen and oxygen atoms in total. The van der Waals surface area contributed by atoms with Gasteiger partial charge in [0.15, 0.2) is 0 Å². The lowest BCUT2D eigenvalue weighted by Gasteiger charge is -1.96. The van der Waals surface area contributed by atoms with Crippen molar-refractivity contribution < 1.29 is 0 Å². The maximum atomic E-state index is 2.35. The number of hydrogen-bond donors (Lipinski definition) is 0. The second-order valence-corrected chi connectivity index (χ2v) is 9.89. The van der Waals surface area contributed by atoms with Crippen molar-refractivity contribution in [3.05, 3.63) is 12.2 Å². The first-order valence-electron chi connectivity index (χ1n) is 20.3. The highest BCUT2D eigenvalue weighted by molar-refractivity contribution is 4.73. The van der Waals surface area contributed by atoms with Crippen molar-refractivity contribution in [2.24, 2.45) is 11.8 Å². The maximum absolute atomic E-state index is 2.35. The van der Waals surface area contributed by atoms with E-state index in [-0.39, 0.29) is 0 Å². The fraction of sp³-hybridized carbons (Fsp3) is 0.953. The first-order chi connectivity index (χ1) is 20.7. The van der Waals surface area contributed by atoms with Crippen LogP contribution in [0.2, 0.25) is 0 Å². The minimum atomic E-state index is 1.02. The minimum Gasteiger partial charge on any atom is -0.0917 e. The summed E-state index contributed by atoms with van der Waals surface area (Å²) in [5, 5.41) is 0. The molecule has 1 aliphatic rings. The van der Waals surface area contributed by atoms with Gasteiger partial charge in [0.25, 0.3) is 0 Å². The predicted octanol–water partition coefficient (Wildman–Crippen LogP) is 19.0. The van der Waals surface area contributed by atoms with Crippen LogP contribution in [0.1, 0.15) is 262 Å². The van der Waals surface area contributed by atoms with E-state index in [0.29, 0.717) is 0 Å². The topological polar surface area (TPSA) is 0 Å². The Balaban J connectivity index is -0.0000000298. The van der Waals surface area contributed by atoms with Crippen LogP contribution in [0.3, 0.4) is 0 Å². The standard InChI is InChI=1S/C7H14.C6H14.C5H12.C5H10.4C3H8.4C2H6/c1-6-3-4-7(2)5-6;1-3-5-6-4-2;2*1-3-5-4-2;4*1-3-2;4*1-2/h6-7H,3-5H2,1-2H3;3-6H2,1-2H3;3-5H2,1-2H3;3,5H,4H2,1-2H3;4*3H2,1-2H3;4*1-2H3/b;;;5-3-;;;;;;;;. The van der Waals surface area contributed by atoms with E-state index in [0.717, 1.165) is 18.3 Å². The van der Waals surface area contributed by atoms with Crippen molar-refractivity contribution in [3.8, 4) is 0 Å². The molecular weight excluding hydrogens is 516 g/mol. The molecule has 1 aliphatic carbocycles. The lowest BCUT2D eigenvalue weighted by molar-refractivity contribution is 0.555. The third kappa shape index (κ3) is 266. The van der Waals surface area contributed by atoms with Gasteiger partial charge in [-0.2, -0.15) is 0 Å². The van der Waals surface area contributed by atoms with Crippen molar-refractivity contribution in [1.29, 1.82) is 0 Å². The zero-order valence-electron chi connectivity index (χ0n) is 36.9. The second-order valence-electron chi connectivity index (χ2n) is 9.89. The van der Waals surface area contributed by atoms with Crippen LogP contribution in [0.25, 0.3) is 0 Å². The van der Waals surface area contributed by atoms with Crippen LogP contribution in [0.4, 0.5) is 0 Å². The smallest absolute Gasteiger partial charge is 0.0379 e. The Morgan fingerprint density at radius 2 is 0.628 bits per heavy atom. The molecule has 2 unspecified atom stereocenters. The Kier molecular flexibility index (Phi) is 230. The Morgan fingerprint density at radius 1 is 0.419 bits per heavy atom. The van der Waals surface area contributed by atoms with Gasteiger partial charge in [-0.05, 0) is 31.6 Å². The highest BCUT2D eigenvalue weighted by atomic mass is 14.2. The minimum absolute atomic E-state index is 1.02. The molecule has 0 bridgehead atoms. The van der Waals surface area contributed by atoms with E-state index in [1.165, 1.54) is 89.9 Å². The van der Waals surface area contributed by atoms with Gasteiger partial charge in [-0.3, -0.25) is 0 Å². The van der Waals surface area contributed by atoms with Crippen molar-refractivity contribution >= 4 is 0 Å². The summed E-state index contributed by atoms with van der Waals surface area (Å²) < 4.78 is 0. The van der Waals surface area contributed by atoms with Crippen molar-refractivity contribution in [3.63, 3.8) is 0 Å². The molecule has 43 heavy (non-hydrogen) atoms. The van der Waals surface area contributed by atoms with E-state index < -0.39 is 0 Å². The van der Waals surface area contributed by atoms with Gasteiger partial charge in [-0.25, -0.2) is 0 Å². The average molecular weight is 623 g/mol. The molecule has 0 heterocycles. The summed E-state index contributed by atoms with van der Waals surface area (Å²) in [5.74, 6) is 2.05. The molecule has 0 N–H and O–H groups in total. The monoisotopic (exact) mass is 623 g/mol. The molecule has 0 aliphatic heterocycles. The molecule has 1 saturated carbocycles. The lowest BCUT2D eigenvalue weighted by atomic mass is 10.1. The largest absolute Gasteiger partial charge is 0.0917 e. The van der Waals surface area contributed by atoms with E-state index in [9.17, 15) is 0 Å². The van der Waals surface area contributed by atoms with Crippen LogP contribution < -0.4 is 0 Å². The summed E-state index contributed by atoms with van der Waals surface area (Å²) in [6, 6.07) is 0. The summed E-state index contributed by atoms with van der Waals surface area (Å²) >= 11 is 0. The number of allylic oxidation sites excluding steroid dienone is 2. The highest BCUT2D eigenvalue weighted by Crippen LogP contribution is 2.29. The van der Waals surface area contributed by atoms with Gasteiger partial charge < -0.3 is 0 Å². The summed E-state index contributed by atoms with van der Waals surface area (Å²) in [7, 11) is 0. The summed E-state index contributed by atoms with van der Waals surface area (Å²) in [6.45, 7) is 50.7. The Labute approximate surface area is 285 Å².